The van der Waals surface area contributed by atoms with Gasteiger partial charge in [-0.05, 0) is 25.0 Å². The Kier molecular flexibility index (Phi) is 5.41. The van der Waals surface area contributed by atoms with E-state index in [4.69, 9.17) is 0 Å². The molecule has 0 amide bonds. The van der Waals surface area contributed by atoms with Gasteiger partial charge in [-0.1, -0.05) is 44.4 Å². The van der Waals surface area contributed by atoms with Gasteiger partial charge in [0.2, 0.25) is 0 Å². The van der Waals surface area contributed by atoms with Crippen molar-refractivity contribution >= 4 is 23.0 Å². The molecule has 1 rings (SSSR count). The van der Waals surface area contributed by atoms with Crippen molar-refractivity contribution < 1.29 is 0 Å². The summed E-state index contributed by atoms with van der Waals surface area (Å²) < 4.78 is 0. The van der Waals surface area contributed by atoms with E-state index in [1.165, 1.54) is 33.9 Å². The van der Waals surface area contributed by atoms with Crippen LogP contribution in [0.15, 0.2) is 36.3 Å². The SMILES string of the molecule is C=Cc1cccc([S+](CC)CCC)c1C=C. The van der Waals surface area contributed by atoms with Gasteiger partial charge >= 0.3 is 0 Å². The third kappa shape index (κ3) is 2.79. The van der Waals surface area contributed by atoms with Crippen molar-refractivity contribution in [1.29, 1.82) is 0 Å². The van der Waals surface area contributed by atoms with Gasteiger partial charge in [-0.2, -0.15) is 0 Å². The van der Waals surface area contributed by atoms with Gasteiger partial charge in [0.25, 0.3) is 0 Å². The Labute approximate surface area is 102 Å². The van der Waals surface area contributed by atoms with Crippen LogP contribution >= 0.6 is 0 Å². The largest absolute Gasteiger partial charge is 0.162 e. The fourth-order valence-electron chi connectivity index (χ4n) is 1.87. The molecule has 1 unspecified atom stereocenters. The maximum Gasteiger partial charge on any atom is 0.162 e. The molecule has 0 aliphatic carbocycles. The summed E-state index contributed by atoms with van der Waals surface area (Å²) in [5.41, 5.74) is 2.48. The number of benzene rings is 1. The Bertz CT molecular complexity index is 366. The lowest BCUT2D eigenvalue weighted by Crippen LogP contribution is -2.12. The molecular formula is C15H21S+. The van der Waals surface area contributed by atoms with Crippen molar-refractivity contribution in [3.8, 4) is 0 Å². The van der Waals surface area contributed by atoms with Crippen molar-refractivity contribution in [1.82, 2.24) is 0 Å². The highest BCUT2D eigenvalue weighted by Gasteiger charge is 2.21. The lowest BCUT2D eigenvalue weighted by Gasteiger charge is -2.10. The van der Waals surface area contributed by atoms with E-state index in [-0.39, 0.29) is 0 Å². The van der Waals surface area contributed by atoms with E-state index in [2.05, 4.69) is 45.2 Å². The van der Waals surface area contributed by atoms with Gasteiger partial charge in [0.1, 0.15) is 11.5 Å². The first-order valence-corrected chi connectivity index (χ1v) is 7.40. The fourth-order valence-corrected chi connectivity index (χ4v) is 3.96. The van der Waals surface area contributed by atoms with E-state index >= 15 is 0 Å². The molecule has 1 heteroatoms. The van der Waals surface area contributed by atoms with Gasteiger partial charge in [0.05, 0.1) is 0 Å². The molecule has 0 saturated heterocycles. The average molecular weight is 233 g/mol. The molecule has 0 aliphatic rings. The normalized spacial score (nSPS) is 12.1. The summed E-state index contributed by atoms with van der Waals surface area (Å²) >= 11 is 0. The van der Waals surface area contributed by atoms with Crippen LogP contribution in [0.5, 0.6) is 0 Å². The maximum absolute atomic E-state index is 3.93. The second-order valence-corrected chi connectivity index (χ2v) is 6.06. The molecule has 0 heterocycles. The minimum Gasteiger partial charge on any atom is -0.0984 e. The Hall–Kier alpha value is -0.950. The zero-order chi connectivity index (χ0) is 12.0. The highest BCUT2D eigenvalue weighted by molar-refractivity contribution is 7.96. The van der Waals surface area contributed by atoms with Gasteiger partial charge in [-0.15, -0.1) is 0 Å². The standard InChI is InChI=1S/C15H21S/c1-5-12-16(8-4)15-11-9-10-13(6-2)14(15)7-3/h6-7,9-11H,2-3,5,8,12H2,1,4H3/q+1. The molecule has 86 valence electrons. The number of rotatable bonds is 6. The molecule has 0 spiro atoms. The molecule has 0 aromatic heterocycles. The van der Waals surface area contributed by atoms with E-state index in [1.807, 2.05) is 12.2 Å². The lowest BCUT2D eigenvalue weighted by atomic mass is 10.1. The zero-order valence-corrected chi connectivity index (χ0v) is 11.1. The molecule has 1 aromatic rings. The third-order valence-corrected chi connectivity index (χ3v) is 5.21. The average Bonchev–Trinajstić information content (AvgIpc) is 2.34. The molecule has 0 radical (unpaired) electrons. The van der Waals surface area contributed by atoms with E-state index in [0.717, 1.165) is 0 Å². The van der Waals surface area contributed by atoms with Gasteiger partial charge in [-0.25, -0.2) is 0 Å². The van der Waals surface area contributed by atoms with Gasteiger partial charge in [0.15, 0.2) is 4.90 Å². The van der Waals surface area contributed by atoms with E-state index in [1.54, 1.807) is 0 Å². The van der Waals surface area contributed by atoms with Crippen LogP contribution in [0.3, 0.4) is 0 Å². The predicted molar refractivity (Wildman–Crippen MR) is 78.0 cm³/mol. The molecule has 1 aromatic carbocycles. The van der Waals surface area contributed by atoms with Crippen molar-refractivity contribution in [3.05, 3.63) is 42.5 Å². The predicted octanol–water partition coefficient (Wildman–Crippen LogP) is 4.38. The van der Waals surface area contributed by atoms with Crippen LogP contribution in [0.1, 0.15) is 31.4 Å². The molecule has 16 heavy (non-hydrogen) atoms. The van der Waals surface area contributed by atoms with Crippen LogP contribution in [0.4, 0.5) is 0 Å². The molecular weight excluding hydrogens is 212 g/mol. The van der Waals surface area contributed by atoms with Crippen molar-refractivity contribution in [2.45, 2.75) is 25.2 Å². The summed E-state index contributed by atoms with van der Waals surface area (Å²) in [6.45, 7) is 12.3. The van der Waals surface area contributed by atoms with Gasteiger partial charge in [0, 0.05) is 16.5 Å². The van der Waals surface area contributed by atoms with Crippen molar-refractivity contribution in [2.24, 2.45) is 0 Å². The van der Waals surface area contributed by atoms with E-state index in [9.17, 15) is 0 Å². The quantitative estimate of drug-likeness (QED) is 0.640. The van der Waals surface area contributed by atoms with Crippen LogP contribution in [0.2, 0.25) is 0 Å². The molecule has 1 atom stereocenters. The van der Waals surface area contributed by atoms with Crippen molar-refractivity contribution in [3.63, 3.8) is 0 Å². The van der Waals surface area contributed by atoms with Gasteiger partial charge in [-0.3, -0.25) is 0 Å². The molecule has 0 nitrogen and oxygen atoms in total. The smallest absolute Gasteiger partial charge is 0.0984 e. The minimum atomic E-state index is 0.363. The lowest BCUT2D eigenvalue weighted by molar-refractivity contribution is 1.09. The van der Waals surface area contributed by atoms with Crippen LogP contribution in [0, 0.1) is 0 Å². The maximum atomic E-state index is 3.93. The summed E-state index contributed by atoms with van der Waals surface area (Å²) in [6.07, 6.45) is 5.13. The zero-order valence-electron chi connectivity index (χ0n) is 10.3. The van der Waals surface area contributed by atoms with Gasteiger partial charge < -0.3 is 0 Å². The first kappa shape index (κ1) is 13.1. The Balaban J connectivity index is 3.19. The number of hydrogen-bond donors (Lipinski definition) is 0. The highest BCUT2D eigenvalue weighted by atomic mass is 32.2. The molecule has 0 fully saturated rings. The van der Waals surface area contributed by atoms with Crippen LogP contribution in [-0.2, 0) is 10.9 Å². The summed E-state index contributed by atoms with van der Waals surface area (Å²) in [7, 11) is 0.363. The Morgan fingerprint density at radius 3 is 2.44 bits per heavy atom. The summed E-state index contributed by atoms with van der Waals surface area (Å²) in [5, 5.41) is 0. The first-order chi connectivity index (χ1) is 7.78. The highest BCUT2D eigenvalue weighted by Crippen LogP contribution is 2.25. The second kappa shape index (κ2) is 6.59. The second-order valence-electron chi connectivity index (χ2n) is 3.65. The van der Waals surface area contributed by atoms with Crippen LogP contribution in [-0.4, -0.2) is 11.5 Å². The fraction of sp³-hybridized carbons (Fsp3) is 0.333. The monoisotopic (exact) mass is 233 g/mol. The number of hydrogen-bond acceptors (Lipinski definition) is 0. The topological polar surface area (TPSA) is 0 Å². The van der Waals surface area contributed by atoms with Crippen LogP contribution in [0.25, 0.3) is 12.2 Å². The summed E-state index contributed by atoms with van der Waals surface area (Å²) in [5.74, 6) is 2.49. The van der Waals surface area contributed by atoms with Crippen LogP contribution < -0.4 is 0 Å². The van der Waals surface area contributed by atoms with E-state index < -0.39 is 0 Å². The first-order valence-electron chi connectivity index (χ1n) is 5.83. The molecule has 0 bridgehead atoms. The Morgan fingerprint density at radius 2 is 1.94 bits per heavy atom. The minimum absolute atomic E-state index is 0.363. The van der Waals surface area contributed by atoms with Crippen molar-refractivity contribution in [2.75, 3.05) is 11.5 Å². The molecule has 0 aliphatic heterocycles. The molecule has 0 N–H and O–H groups in total. The summed E-state index contributed by atoms with van der Waals surface area (Å²) in [6, 6.07) is 6.48. The van der Waals surface area contributed by atoms with E-state index in [0.29, 0.717) is 10.9 Å². The summed E-state index contributed by atoms with van der Waals surface area (Å²) in [4.78, 5) is 1.46. The molecule has 0 saturated carbocycles. The Morgan fingerprint density at radius 1 is 1.19 bits per heavy atom. The third-order valence-electron chi connectivity index (χ3n) is 2.63.